The minimum atomic E-state index is -0.695. The van der Waals surface area contributed by atoms with Gasteiger partial charge in [-0.2, -0.15) is 0 Å². The molecule has 150 valence electrons. The molecule has 0 spiro atoms. The van der Waals surface area contributed by atoms with Crippen molar-refractivity contribution in [2.75, 3.05) is 19.7 Å². The number of benzene rings is 2. The Bertz CT molecular complexity index is 961. The van der Waals surface area contributed by atoms with Crippen LogP contribution in [0.1, 0.15) is 18.9 Å². The van der Waals surface area contributed by atoms with E-state index in [1.807, 2.05) is 18.3 Å². The maximum absolute atomic E-state index is 10.9. The van der Waals surface area contributed by atoms with Gasteiger partial charge in [0.2, 0.25) is 0 Å². The normalized spacial score (nSPS) is 14.5. The van der Waals surface area contributed by atoms with Crippen LogP contribution >= 0.6 is 11.3 Å². The maximum Gasteiger partial charge on any atom is 0.309 e. The maximum atomic E-state index is 10.9. The van der Waals surface area contributed by atoms with Gasteiger partial charge in [0.25, 0.3) is 0 Å². The Morgan fingerprint density at radius 1 is 1.14 bits per heavy atom. The van der Waals surface area contributed by atoms with Crippen molar-refractivity contribution >= 4 is 17.3 Å². The second-order valence-corrected chi connectivity index (χ2v) is 8.36. The van der Waals surface area contributed by atoms with E-state index in [9.17, 15) is 4.79 Å². The summed E-state index contributed by atoms with van der Waals surface area (Å²) in [5, 5.41) is 9.97. The Labute approximate surface area is 174 Å². The number of hydrogen-bond acceptors (Lipinski definition) is 5. The van der Waals surface area contributed by atoms with Gasteiger partial charge >= 0.3 is 5.97 Å². The van der Waals surface area contributed by atoms with Gasteiger partial charge < -0.3 is 9.84 Å². The third-order valence-corrected chi connectivity index (χ3v) is 6.13. The van der Waals surface area contributed by atoms with Crippen LogP contribution in [0.15, 0.2) is 54.7 Å². The van der Waals surface area contributed by atoms with Gasteiger partial charge in [-0.3, -0.25) is 9.69 Å². The first kappa shape index (κ1) is 19.6. The summed E-state index contributed by atoms with van der Waals surface area (Å²) in [6.07, 6.45) is 2.92. The van der Waals surface area contributed by atoms with Gasteiger partial charge in [-0.05, 0) is 41.8 Å². The van der Waals surface area contributed by atoms with Gasteiger partial charge in [0.05, 0.1) is 17.4 Å². The average molecular weight is 409 g/mol. The average Bonchev–Trinajstić information content (AvgIpc) is 3.19. The van der Waals surface area contributed by atoms with E-state index in [0.717, 1.165) is 46.3 Å². The number of rotatable bonds is 8. The Hall–Kier alpha value is -2.70. The third kappa shape index (κ3) is 4.66. The van der Waals surface area contributed by atoms with Crippen molar-refractivity contribution in [3.05, 3.63) is 60.3 Å². The van der Waals surface area contributed by atoms with Crippen LogP contribution in [0.3, 0.4) is 0 Å². The molecule has 6 heteroatoms. The Morgan fingerprint density at radius 2 is 1.83 bits per heavy atom. The molecule has 0 bridgehead atoms. The second kappa shape index (κ2) is 8.76. The number of ether oxygens (including phenoxy) is 1. The number of nitrogens with zero attached hydrogens (tertiary/aromatic N) is 2. The van der Waals surface area contributed by atoms with Crippen LogP contribution in [0.25, 0.3) is 21.0 Å². The second-order valence-electron chi connectivity index (χ2n) is 7.33. The van der Waals surface area contributed by atoms with Crippen LogP contribution in [0, 0.1) is 5.92 Å². The molecule has 0 saturated carbocycles. The molecule has 1 N–H and O–H groups in total. The molecule has 1 fully saturated rings. The van der Waals surface area contributed by atoms with Crippen molar-refractivity contribution in [3.63, 3.8) is 0 Å². The van der Waals surface area contributed by atoms with Crippen LogP contribution in [0.4, 0.5) is 0 Å². The van der Waals surface area contributed by atoms with Gasteiger partial charge in [-0.1, -0.05) is 31.2 Å². The number of hydrogen-bond donors (Lipinski definition) is 1. The molecule has 1 aliphatic heterocycles. The fraction of sp³-hybridized carbons (Fsp3) is 0.304. The van der Waals surface area contributed by atoms with E-state index in [-0.39, 0.29) is 5.92 Å². The predicted octanol–water partition coefficient (Wildman–Crippen LogP) is 4.78. The van der Waals surface area contributed by atoms with Crippen molar-refractivity contribution in [3.8, 4) is 26.8 Å². The Balaban J connectivity index is 1.38. The fourth-order valence-electron chi connectivity index (χ4n) is 3.34. The summed E-state index contributed by atoms with van der Waals surface area (Å²) in [5.41, 5.74) is 3.43. The van der Waals surface area contributed by atoms with Gasteiger partial charge in [-0.25, -0.2) is 4.98 Å². The lowest BCUT2D eigenvalue weighted by Crippen LogP contribution is -2.49. The highest BCUT2D eigenvalue weighted by atomic mass is 32.1. The highest BCUT2D eigenvalue weighted by Gasteiger charge is 2.32. The number of likely N-dealkylation sites (tertiary alicyclic amines) is 1. The lowest BCUT2D eigenvalue weighted by molar-refractivity contribution is -0.147. The number of carboxylic acid groups (broad SMARTS) is 1. The molecule has 5 nitrogen and oxygen atoms in total. The predicted molar refractivity (Wildman–Crippen MR) is 115 cm³/mol. The van der Waals surface area contributed by atoms with E-state index in [2.05, 4.69) is 53.2 Å². The zero-order chi connectivity index (χ0) is 20.2. The molecule has 1 aliphatic rings. The molecule has 29 heavy (non-hydrogen) atoms. The van der Waals surface area contributed by atoms with E-state index >= 15 is 0 Å². The van der Waals surface area contributed by atoms with Gasteiger partial charge in [0.1, 0.15) is 10.8 Å². The lowest BCUT2D eigenvalue weighted by atomic mass is 9.99. The molecule has 1 saturated heterocycles. The molecule has 3 aromatic rings. The van der Waals surface area contributed by atoms with Gasteiger partial charge in [0.15, 0.2) is 0 Å². The molecule has 2 heterocycles. The summed E-state index contributed by atoms with van der Waals surface area (Å²) in [4.78, 5) is 18.8. The van der Waals surface area contributed by atoms with Crippen LogP contribution in [-0.4, -0.2) is 40.7 Å². The van der Waals surface area contributed by atoms with E-state index in [0.29, 0.717) is 13.1 Å². The molecule has 4 rings (SSSR count). The third-order valence-electron chi connectivity index (χ3n) is 5.03. The lowest BCUT2D eigenvalue weighted by Gasteiger charge is -2.36. The van der Waals surface area contributed by atoms with Crippen molar-refractivity contribution < 1.29 is 14.6 Å². The topological polar surface area (TPSA) is 62.7 Å². The van der Waals surface area contributed by atoms with Crippen molar-refractivity contribution in [2.45, 2.75) is 19.9 Å². The zero-order valence-corrected chi connectivity index (χ0v) is 17.2. The quantitative estimate of drug-likeness (QED) is 0.581. The summed E-state index contributed by atoms with van der Waals surface area (Å²) in [5.74, 6) is -0.0117. The van der Waals surface area contributed by atoms with Crippen molar-refractivity contribution in [2.24, 2.45) is 5.92 Å². The smallest absolute Gasteiger partial charge is 0.309 e. The summed E-state index contributed by atoms with van der Waals surface area (Å²) in [6, 6.07) is 16.5. The highest BCUT2D eigenvalue weighted by Crippen LogP contribution is 2.33. The molecule has 1 aromatic heterocycles. The first-order valence-corrected chi connectivity index (χ1v) is 10.7. The summed E-state index contributed by atoms with van der Waals surface area (Å²) in [7, 11) is 0. The van der Waals surface area contributed by atoms with Crippen LogP contribution in [0.5, 0.6) is 5.75 Å². The largest absolute Gasteiger partial charge is 0.494 e. The molecule has 0 atom stereocenters. The number of thiazole rings is 1. The van der Waals surface area contributed by atoms with Gasteiger partial charge in [-0.15, -0.1) is 11.3 Å². The fourth-order valence-corrected chi connectivity index (χ4v) is 4.27. The first-order valence-electron chi connectivity index (χ1n) is 9.86. The molecule has 0 amide bonds. The Morgan fingerprint density at radius 3 is 2.48 bits per heavy atom. The molecule has 0 radical (unpaired) electrons. The van der Waals surface area contributed by atoms with Crippen LogP contribution in [0.2, 0.25) is 0 Å². The van der Waals surface area contributed by atoms with E-state index in [1.54, 1.807) is 11.3 Å². The van der Waals surface area contributed by atoms with Crippen LogP contribution in [-0.2, 0) is 11.3 Å². The van der Waals surface area contributed by atoms with Gasteiger partial charge in [0, 0.05) is 31.4 Å². The van der Waals surface area contributed by atoms with E-state index in [1.165, 1.54) is 5.56 Å². The zero-order valence-electron chi connectivity index (χ0n) is 16.4. The number of aromatic nitrogens is 1. The summed E-state index contributed by atoms with van der Waals surface area (Å²) >= 11 is 1.67. The van der Waals surface area contributed by atoms with Crippen molar-refractivity contribution in [1.82, 2.24) is 9.88 Å². The molecule has 0 unspecified atom stereocenters. The summed E-state index contributed by atoms with van der Waals surface area (Å²) in [6.45, 7) is 4.89. The van der Waals surface area contributed by atoms with Crippen LogP contribution < -0.4 is 4.74 Å². The SMILES string of the molecule is CCCOc1ccc(-c2cnc(-c3ccc(CN4CC(C(=O)O)C4)cc3)s2)cc1. The molecule has 2 aromatic carbocycles. The number of carbonyl (C=O) groups is 1. The minimum absolute atomic E-state index is 0.213. The standard InChI is InChI=1S/C23H24N2O3S/c1-2-11-28-20-9-7-17(8-10-20)21-12-24-22(29-21)18-5-3-16(4-6-18)13-25-14-19(15-25)23(26)27/h3-10,12,19H,2,11,13-15H2,1H3,(H,26,27). The highest BCUT2D eigenvalue weighted by molar-refractivity contribution is 7.18. The van der Waals surface area contributed by atoms with Crippen molar-refractivity contribution in [1.29, 1.82) is 0 Å². The van der Waals surface area contributed by atoms with E-state index < -0.39 is 5.97 Å². The molecular weight excluding hydrogens is 384 g/mol. The molecule has 0 aliphatic carbocycles. The van der Waals surface area contributed by atoms with E-state index in [4.69, 9.17) is 9.84 Å². The summed E-state index contributed by atoms with van der Waals surface area (Å²) < 4.78 is 5.64. The Kier molecular flexibility index (Phi) is 5.92. The number of carboxylic acids is 1. The minimum Gasteiger partial charge on any atom is -0.494 e. The number of aliphatic carboxylic acids is 1. The first-order chi connectivity index (χ1) is 14.1. The monoisotopic (exact) mass is 408 g/mol. The molecular formula is C23H24N2O3S.